The number of hydrogen-bond acceptors (Lipinski definition) is 5. The predicted molar refractivity (Wildman–Crippen MR) is 98.9 cm³/mol. The summed E-state index contributed by atoms with van der Waals surface area (Å²) in [7, 11) is 0. The Morgan fingerprint density at radius 1 is 1.15 bits per heavy atom. The molecule has 0 amide bonds. The van der Waals surface area contributed by atoms with Crippen LogP contribution in [0.2, 0.25) is 0 Å². The van der Waals surface area contributed by atoms with Gasteiger partial charge in [0.25, 0.3) is 0 Å². The molecular formula is C20H16FN5O. The van der Waals surface area contributed by atoms with Gasteiger partial charge in [0.15, 0.2) is 5.78 Å². The Kier molecular flexibility index (Phi) is 3.60. The molecule has 1 aromatic heterocycles. The molecule has 2 aliphatic rings. The molecule has 0 fully saturated rings. The standard InChI is InChI=1S/C20H16FN5O/c21-12-6-13-16(27)9-23-19-17(13)15(7-12)22-8-14(11-4-2-1-3-5-11)18(19)20-24-10-25-26-20/h1-7,10,14,18,22H,8-9H2,(H,24,25,26). The number of carbonyl (C=O) groups is 1. The maximum absolute atomic E-state index is 14.1. The van der Waals surface area contributed by atoms with E-state index < -0.39 is 5.82 Å². The summed E-state index contributed by atoms with van der Waals surface area (Å²) < 4.78 is 14.1. The van der Waals surface area contributed by atoms with Crippen LogP contribution in [-0.2, 0) is 0 Å². The van der Waals surface area contributed by atoms with E-state index in [1.54, 1.807) is 0 Å². The highest BCUT2D eigenvalue weighted by atomic mass is 19.1. The number of Topliss-reactive ketones (excluding diaryl/α,β-unsaturated/α-hetero) is 1. The molecule has 2 N–H and O–H groups in total. The van der Waals surface area contributed by atoms with Crippen LogP contribution in [0.3, 0.4) is 0 Å². The van der Waals surface area contributed by atoms with Gasteiger partial charge in [-0.05, 0) is 17.7 Å². The average Bonchev–Trinajstić information content (AvgIpc) is 3.16. The van der Waals surface area contributed by atoms with Gasteiger partial charge in [0.2, 0.25) is 0 Å². The largest absolute Gasteiger partial charge is 0.384 e. The lowest BCUT2D eigenvalue weighted by atomic mass is 9.79. The van der Waals surface area contributed by atoms with E-state index in [0.717, 1.165) is 11.3 Å². The van der Waals surface area contributed by atoms with Gasteiger partial charge in [-0.25, -0.2) is 9.37 Å². The second-order valence-electron chi connectivity index (χ2n) is 6.75. The Bertz CT molecular complexity index is 1050. The van der Waals surface area contributed by atoms with E-state index in [-0.39, 0.29) is 24.2 Å². The summed E-state index contributed by atoms with van der Waals surface area (Å²) in [4.78, 5) is 21.4. The number of nitrogens with zero attached hydrogens (tertiary/aromatic N) is 3. The number of halogens is 1. The molecule has 0 aliphatic carbocycles. The van der Waals surface area contributed by atoms with Crippen LogP contribution in [0.1, 0.15) is 39.1 Å². The van der Waals surface area contributed by atoms with E-state index >= 15 is 0 Å². The lowest BCUT2D eigenvalue weighted by Gasteiger charge is -2.26. The molecular weight excluding hydrogens is 345 g/mol. The first-order valence-corrected chi connectivity index (χ1v) is 8.78. The smallest absolute Gasteiger partial charge is 0.185 e. The minimum atomic E-state index is -0.430. The van der Waals surface area contributed by atoms with Crippen molar-refractivity contribution in [3.63, 3.8) is 0 Å². The molecule has 0 bridgehead atoms. The summed E-state index contributed by atoms with van der Waals surface area (Å²) in [5, 5.41) is 10.3. The van der Waals surface area contributed by atoms with E-state index in [1.807, 2.05) is 18.2 Å². The Labute approximate surface area is 154 Å². The molecule has 0 spiro atoms. The van der Waals surface area contributed by atoms with Crippen molar-refractivity contribution in [3.8, 4) is 0 Å². The van der Waals surface area contributed by atoms with Crippen LogP contribution in [0, 0.1) is 5.82 Å². The molecule has 2 aromatic carbocycles. The summed E-state index contributed by atoms with van der Waals surface area (Å²) in [5.74, 6) is -0.150. The van der Waals surface area contributed by atoms with Gasteiger partial charge >= 0.3 is 0 Å². The minimum absolute atomic E-state index is 0.00517. The number of benzene rings is 2. The van der Waals surface area contributed by atoms with Crippen LogP contribution in [0.15, 0.2) is 53.8 Å². The Morgan fingerprint density at radius 2 is 2.00 bits per heavy atom. The number of carbonyl (C=O) groups excluding carboxylic acids is 1. The van der Waals surface area contributed by atoms with Crippen LogP contribution in [0.25, 0.3) is 0 Å². The van der Waals surface area contributed by atoms with Crippen molar-refractivity contribution >= 4 is 17.2 Å². The zero-order valence-corrected chi connectivity index (χ0v) is 14.3. The Morgan fingerprint density at radius 3 is 2.78 bits per heavy atom. The van der Waals surface area contributed by atoms with Gasteiger partial charge < -0.3 is 5.32 Å². The summed E-state index contributed by atoms with van der Waals surface area (Å²) in [6.45, 7) is 0.565. The Hall–Kier alpha value is -3.35. The number of rotatable bonds is 2. The number of aromatic nitrogens is 3. The second kappa shape index (κ2) is 6.12. The monoisotopic (exact) mass is 361 g/mol. The van der Waals surface area contributed by atoms with Crippen LogP contribution in [-0.4, -0.2) is 39.8 Å². The van der Waals surface area contributed by atoms with Gasteiger partial charge in [0.1, 0.15) is 24.5 Å². The van der Waals surface area contributed by atoms with Crippen molar-refractivity contribution in [2.24, 2.45) is 4.99 Å². The number of H-pyrrole nitrogens is 1. The highest BCUT2D eigenvalue weighted by Crippen LogP contribution is 2.41. The van der Waals surface area contributed by atoms with Crippen LogP contribution in [0.5, 0.6) is 0 Å². The topological polar surface area (TPSA) is 83.0 Å². The van der Waals surface area contributed by atoms with E-state index in [9.17, 15) is 9.18 Å². The van der Waals surface area contributed by atoms with Crippen molar-refractivity contribution < 1.29 is 9.18 Å². The third-order valence-corrected chi connectivity index (χ3v) is 5.22. The molecule has 0 saturated carbocycles. The number of aromatic amines is 1. The minimum Gasteiger partial charge on any atom is -0.384 e. The molecule has 6 nitrogen and oxygen atoms in total. The zero-order valence-electron chi connectivity index (χ0n) is 14.3. The predicted octanol–water partition coefficient (Wildman–Crippen LogP) is 2.92. The first-order chi connectivity index (χ1) is 13.2. The van der Waals surface area contributed by atoms with Gasteiger partial charge in [0, 0.05) is 29.3 Å². The molecule has 2 unspecified atom stereocenters. The Balaban J connectivity index is 1.75. The molecule has 3 heterocycles. The number of ketones is 1. The van der Waals surface area contributed by atoms with E-state index in [1.165, 1.54) is 18.5 Å². The lowest BCUT2D eigenvalue weighted by molar-refractivity contribution is 0.0999. The highest BCUT2D eigenvalue weighted by Gasteiger charge is 2.39. The van der Waals surface area contributed by atoms with Gasteiger partial charge in [-0.15, -0.1) is 0 Å². The SMILES string of the molecule is O=C1CN=C2c3c(cc(F)cc31)NCC(c1ccccc1)C2c1ncn[nH]1. The van der Waals surface area contributed by atoms with Crippen molar-refractivity contribution in [1.82, 2.24) is 15.2 Å². The molecule has 5 rings (SSSR count). The average molecular weight is 361 g/mol. The van der Waals surface area contributed by atoms with Crippen molar-refractivity contribution in [3.05, 3.63) is 77.1 Å². The van der Waals surface area contributed by atoms with Gasteiger partial charge in [0.05, 0.1) is 11.6 Å². The summed E-state index contributed by atoms with van der Waals surface area (Å²) in [6, 6.07) is 12.8. The van der Waals surface area contributed by atoms with Crippen molar-refractivity contribution in [1.29, 1.82) is 0 Å². The number of aliphatic imine (C=N–C) groups is 1. The van der Waals surface area contributed by atoms with Crippen LogP contribution < -0.4 is 5.32 Å². The molecule has 0 radical (unpaired) electrons. The van der Waals surface area contributed by atoms with Crippen LogP contribution in [0.4, 0.5) is 10.1 Å². The molecule has 2 aliphatic heterocycles. The van der Waals surface area contributed by atoms with Gasteiger partial charge in [-0.3, -0.25) is 14.9 Å². The zero-order chi connectivity index (χ0) is 18.4. The van der Waals surface area contributed by atoms with E-state index in [2.05, 4.69) is 37.6 Å². The first kappa shape index (κ1) is 15.9. The second-order valence-corrected chi connectivity index (χ2v) is 6.75. The van der Waals surface area contributed by atoms with Gasteiger partial charge in [-0.1, -0.05) is 30.3 Å². The fourth-order valence-corrected chi connectivity index (χ4v) is 4.04. The molecule has 3 aromatic rings. The molecule has 2 atom stereocenters. The fraction of sp³-hybridized carbons (Fsp3) is 0.200. The third kappa shape index (κ3) is 2.54. The summed E-state index contributed by atoms with van der Waals surface area (Å²) in [6.07, 6.45) is 1.47. The first-order valence-electron chi connectivity index (χ1n) is 8.78. The molecule has 27 heavy (non-hydrogen) atoms. The number of nitrogens with one attached hydrogen (secondary N) is 2. The maximum Gasteiger partial charge on any atom is 0.185 e. The normalized spacial score (nSPS) is 21.1. The highest BCUT2D eigenvalue weighted by molar-refractivity contribution is 6.20. The van der Waals surface area contributed by atoms with Crippen molar-refractivity contribution in [2.75, 3.05) is 18.4 Å². The number of hydrogen-bond donors (Lipinski definition) is 2. The summed E-state index contributed by atoms with van der Waals surface area (Å²) >= 11 is 0. The quantitative estimate of drug-likeness (QED) is 0.735. The molecule has 134 valence electrons. The number of anilines is 1. The summed E-state index contributed by atoms with van der Waals surface area (Å²) in [5.41, 5.74) is 3.50. The van der Waals surface area contributed by atoms with Crippen molar-refractivity contribution in [2.45, 2.75) is 11.8 Å². The van der Waals surface area contributed by atoms with E-state index in [4.69, 9.17) is 0 Å². The van der Waals surface area contributed by atoms with Crippen LogP contribution >= 0.6 is 0 Å². The molecule has 0 saturated heterocycles. The molecule has 7 heteroatoms. The fourth-order valence-electron chi connectivity index (χ4n) is 4.04. The maximum atomic E-state index is 14.1. The third-order valence-electron chi connectivity index (χ3n) is 5.22. The van der Waals surface area contributed by atoms with Gasteiger partial charge in [-0.2, -0.15) is 5.10 Å². The lowest BCUT2D eigenvalue weighted by Crippen LogP contribution is -2.28. The van der Waals surface area contributed by atoms with E-state index in [0.29, 0.717) is 29.2 Å².